The number of halogens is 1. The van der Waals surface area contributed by atoms with Gasteiger partial charge in [0.1, 0.15) is 0 Å². The first-order chi connectivity index (χ1) is 8.74. The summed E-state index contributed by atoms with van der Waals surface area (Å²) in [6.07, 6.45) is 5.85. The van der Waals surface area contributed by atoms with E-state index in [1.54, 1.807) is 0 Å². The Balaban J connectivity index is 1.51. The molecule has 0 bridgehead atoms. The van der Waals surface area contributed by atoms with E-state index in [9.17, 15) is 0 Å². The summed E-state index contributed by atoms with van der Waals surface area (Å²) in [5.41, 5.74) is 8.10. The molecule has 0 spiro atoms. The van der Waals surface area contributed by atoms with E-state index in [2.05, 4.69) is 33.4 Å². The third kappa shape index (κ3) is 3.07. The van der Waals surface area contributed by atoms with Gasteiger partial charge in [-0.15, -0.1) is 0 Å². The van der Waals surface area contributed by atoms with Gasteiger partial charge in [-0.25, -0.2) is 0 Å². The van der Waals surface area contributed by atoms with Crippen molar-refractivity contribution in [2.75, 3.05) is 12.3 Å². The van der Waals surface area contributed by atoms with Crippen LogP contribution < -0.4 is 11.1 Å². The average Bonchev–Trinajstić information content (AvgIpc) is 3.20. The number of hydrogen-bond acceptors (Lipinski definition) is 2. The molecule has 1 aromatic rings. The lowest BCUT2D eigenvalue weighted by atomic mass is 9.98. The molecule has 2 fully saturated rings. The Morgan fingerprint density at radius 2 is 1.89 bits per heavy atom. The molecule has 0 atom stereocenters. The fourth-order valence-corrected chi connectivity index (χ4v) is 3.25. The molecule has 0 amide bonds. The zero-order chi connectivity index (χ0) is 12.5. The van der Waals surface area contributed by atoms with E-state index in [0.29, 0.717) is 0 Å². The number of hydrogen-bond donors (Lipinski definition) is 2. The Morgan fingerprint density at radius 1 is 1.22 bits per heavy atom. The minimum Gasteiger partial charge on any atom is -0.398 e. The topological polar surface area (TPSA) is 38.0 Å². The van der Waals surface area contributed by atoms with Crippen LogP contribution in [0.3, 0.4) is 0 Å². The molecule has 2 saturated carbocycles. The maximum atomic E-state index is 6.01. The van der Waals surface area contributed by atoms with Crippen LogP contribution in [0.2, 0.25) is 0 Å². The highest BCUT2D eigenvalue weighted by molar-refractivity contribution is 9.10. The van der Waals surface area contributed by atoms with Crippen LogP contribution in [0, 0.1) is 17.8 Å². The van der Waals surface area contributed by atoms with Crippen LogP contribution in [-0.4, -0.2) is 6.54 Å². The fourth-order valence-electron chi connectivity index (χ4n) is 2.87. The summed E-state index contributed by atoms with van der Waals surface area (Å²) < 4.78 is 1.05. The van der Waals surface area contributed by atoms with E-state index in [-0.39, 0.29) is 0 Å². The van der Waals surface area contributed by atoms with Gasteiger partial charge in [0.25, 0.3) is 0 Å². The Kier molecular flexibility index (Phi) is 3.62. The summed E-state index contributed by atoms with van der Waals surface area (Å²) >= 11 is 3.44. The van der Waals surface area contributed by atoms with Crippen molar-refractivity contribution in [1.29, 1.82) is 0 Å². The van der Waals surface area contributed by atoms with Crippen LogP contribution in [0.25, 0.3) is 0 Å². The van der Waals surface area contributed by atoms with Crippen molar-refractivity contribution in [2.45, 2.75) is 32.2 Å². The molecule has 0 aromatic heterocycles. The molecule has 0 aliphatic heterocycles. The Hall–Kier alpha value is -0.540. The number of benzene rings is 1. The van der Waals surface area contributed by atoms with Gasteiger partial charge in [0.2, 0.25) is 0 Å². The normalized spacial score (nSPS) is 19.4. The third-order valence-corrected chi connectivity index (χ3v) is 4.75. The summed E-state index contributed by atoms with van der Waals surface area (Å²) in [7, 11) is 0. The van der Waals surface area contributed by atoms with Crippen molar-refractivity contribution in [1.82, 2.24) is 5.32 Å². The third-order valence-electron chi connectivity index (χ3n) is 4.26. The number of nitrogens with one attached hydrogen (secondary N) is 1. The molecule has 3 N–H and O–H groups in total. The van der Waals surface area contributed by atoms with Gasteiger partial charge in [0, 0.05) is 16.7 Å². The summed E-state index contributed by atoms with van der Waals surface area (Å²) in [6, 6.07) is 6.15. The van der Waals surface area contributed by atoms with E-state index in [4.69, 9.17) is 5.73 Å². The number of anilines is 1. The molecule has 0 heterocycles. The minimum atomic E-state index is 0.881. The average molecular weight is 309 g/mol. The largest absolute Gasteiger partial charge is 0.398 e. The van der Waals surface area contributed by atoms with Gasteiger partial charge in [0.05, 0.1) is 0 Å². The molecule has 0 saturated heterocycles. The predicted molar refractivity (Wildman–Crippen MR) is 79.2 cm³/mol. The maximum Gasteiger partial charge on any atom is 0.0370 e. The summed E-state index contributed by atoms with van der Waals surface area (Å²) in [4.78, 5) is 0. The van der Waals surface area contributed by atoms with Gasteiger partial charge in [-0.1, -0.05) is 22.0 Å². The molecule has 0 radical (unpaired) electrons. The summed E-state index contributed by atoms with van der Waals surface area (Å²) in [5, 5.41) is 3.61. The molecule has 2 aliphatic rings. The lowest BCUT2D eigenvalue weighted by molar-refractivity contribution is 0.378. The van der Waals surface area contributed by atoms with Crippen molar-refractivity contribution in [3.05, 3.63) is 28.2 Å². The molecule has 98 valence electrons. The second-order valence-corrected chi connectivity index (χ2v) is 6.73. The van der Waals surface area contributed by atoms with Gasteiger partial charge >= 0.3 is 0 Å². The first-order valence-corrected chi connectivity index (χ1v) is 7.78. The Morgan fingerprint density at radius 3 is 2.44 bits per heavy atom. The molecule has 2 nitrogen and oxygen atoms in total. The fraction of sp³-hybridized carbons (Fsp3) is 0.600. The zero-order valence-electron chi connectivity index (χ0n) is 10.7. The first kappa shape index (κ1) is 12.5. The SMILES string of the molecule is Nc1cc(Br)ccc1CNCC(C1CC1)C1CC1. The van der Waals surface area contributed by atoms with E-state index < -0.39 is 0 Å². The smallest absolute Gasteiger partial charge is 0.0370 e. The second kappa shape index (κ2) is 5.22. The molecule has 1 aromatic carbocycles. The van der Waals surface area contributed by atoms with Crippen molar-refractivity contribution < 1.29 is 0 Å². The van der Waals surface area contributed by atoms with Gasteiger partial charge in [-0.2, -0.15) is 0 Å². The Bertz CT molecular complexity index is 413. The molecule has 18 heavy (non-hydrogen) atoms. The maximum absolute atomic E-state index is 6.01. The highest BCUT2D eigenvalue weighted by Gasteiger charge is 2.40. The summed E-state index contributed by atoms with van der Waals surface area (Å²) in [5.74, 6) is 2.97. The molecular formula is C15H21BrN2. The van der Waals surface area contributed by atoms with Gasteiger partial charge in [0.15, 0.2) is 0 Å². The monoisotopic (exact) mass is 308 g/mol. The van der Waals surface area contributed by atoms with Crippen molar-refractivity contribution in [2.24, 2.45) is 17.8 Å². The number of nitrogens with two attached hydrogens (primary N) is 1. The van der Waals surface area contributed by atoms with Crippen LogP contribution in [0.4, 0.5) is 5.69 Å². The van der Waals surface area contributed by atoms with Crippen LogP contribution in [0.5, 0.6) is 0 Å². The summed E-state index contributed by atoms with van der Waals surface area (Å²) in [6.45, 7) is 2.07. The van der Waals surface area contributed by atoms with Crippen molar-refractivity contribution in [3.63, 3.8) is 0 Å². The standard InChI is InChI=1S/C15H21BrN2/c16-13-6-5-12(15(17)7-13)8-18-9-14(10-1-2-10)11-3-4-11/h5-7,10-11,14,18H,1-4,8-9,17H2. The lowest BCUT2D eigenvalue weighted by Gasteiger charge is -2.16. The molecule has 3 rings (SSSR count). The van der Waals surface area contributed by atoms with Gasteiger partial charge < -0.3 is 11.1 Å². The molecule has 2 aliphatic carbocycles. The van der Waals surface area contributed by atoms with E-state index >= 15 is 0 Å². The first-order valence-electron chi connectivity index (χ1n) is 6.98. The zero-order valence-corrected chi connectivity index (χ0v) is 12.2. The molecule has 3 heteroatoms. The Labute approximate surface area is 117 Å². The predicted octanol–water partition coefficient (Wildman–Crippen LogP) is 3.56. The van der Waals surface area contributed by atoms with Crippen LogP contribution in [0.15, 0.2) is 22.7 Å². The van der Waals surface area contributed by atoms with Gasteiger partial charge in [-0.3, -0.25) is 0 Å². The number of nitrogen functional groups attached to an aromatic ring is 1. The van der Waals surface area contributed by atoms with Crippen molar-refractivity contribution in [3.8, 4) is 0 Å². The van der Waals surface area contributed by atoms with Crippen LogP contribution in [-0.2, 0) is 6.54 Å². The van der Waals surface area contributed by atoms with Crippen LogP contribution >= 0.6 is 15.9 Å². The minimum absolute atomic E-state index is 0.881. The lowest BCUT2D eigenvalue weighted by Crippen LogP contribution is -2.25. The molecular weight excluding hydrogens is 288 g/mol. The quantitative estimate of drug-likeness (QED) is 0.789. The van der Waals surface area contributed by atoms with Gasteiger partial charge in [-0.05, 0) is 67.7 Å². The highest BCUT2D eigenvalue weighted by atomic mass is 79.9. The van der Waals surface area contributed by atoms with E-state index in [0.717, 1.165) is 34.5 Å². The molecule has 0 unspecified atom stereocenters. The van der Waals surface area contributed by atoms with E-state index in [1.807, 2.05) is 6.07 Å². The van der Waals surface area contributed by atoms with E-state index in [1.165, 1.54) is 37.8 Å². The second-order valence-electron chi connectivity index (χ2n) is 5.81. The highest BCUT2D eigenvalue weighted by Crippen LogP contribution is 2.48. The number of rotatable bonds is 6. The van der Waals surface area contributed by atoms with Crippen molar-refractivity contribution >= 4 is 21.6 Å². The van der Waals surface area contributed by atoms with Crippen LogP contribution in [0.1, 0.15) is 31.2 Å².